The highest BCUT2D eigenvalue weighted by Gasteiger charge is 1.99. The first-order chi connectivity index (χ1) is 8.19. The second-order valence-corrected chi connectivity index (χ2v) is 4.27. The highest BCUT2D eigenvalue weighted by atomic mass is 35.5. The van der Waals surface area contributed by atoms with Gasteiger partial charge in [0.05, 0.1) is 11.6 Å². The molecule has 0 amide bonds. The summed E-state index contributed by atoms with van der Waals surface area (Å²) in [5, 5.41) is 0.558. The van der Waals surface area contributed by atoms with E-state index in [9.17, 15) is 4.79 Å². The van der Waals surface area contributed by atoms with E-state index in [0.29, 0.717) is 18.1 Å². The summed E-state index contributed by atoms with van der Waals surface area (Å²) in [6.45, 7) is 1.04. The predicted octanol–water partition coefficient (Wildman–Crippen LogP) is 2.01. The zero-order valence-electron chi connectivity index (χ0n) is 9.27. The van der Waals surface area contributed by atoms with Crippen molar-refractivity contribution in [2.24, 2.45) is 5.73 Å². The van der Waals surface area contributed by atoms with Crippen LogP contribution in [0.5, 0.6) is 0 Å². The maximum Gasteiger partial charge on any atom is 0.250 e. The Morgan fingerprint density at radius 3 is 2.35 bits per heavy atom. The van der Waals surface area contributed by atoms with Crippen molar-refractivity contribution in [3.63, 3.8) is 0 Å². The summed E-state index contributed by atoms with van der Waals surface area (Å²) >= 11 is 5.85. The van der Waals surface area contributed by atoms with Crippen molar-refractivity contribution < 1.29 is 0 Å². The van der Waals surface area contributed by atoms with E-state index in [1.807, 2.05) is 24.3 Å². The van der Waals surface area contributed by atoms with E-state index in [-0.39, 0.29) is 5.56 Å². The molecule has 0 saturated carbocycles. The summed E-state index contributed by atoms with van der Waals surface area (Å²) in [7, 11) is 0. The molecule has 0 fully saturated rings. The second kappa shape index (κ2) is 5.17. The van der Waals surface area contributed by atoms with Crippen LogP contribution in [0, 0.1) is 0 Å². The van der Waals surface area contributed by atoms with Gasteiger partial charge >= 0.3 is 0 Å². The van der Waals surface area contributed by atoms with Crippen molar-refractivity contribution in [3.8, 4) is 0 Å². The molecule has 17 heavy (non-hydrogen) atoms. The van der Waals surface area contributed by atoms with Crippen LogP contribution in [-0.4, -0.2) is 4.57 Å². The molecular weight excluding hydrogens is 236 g/mol. The molecule has 0 saturated heterocycles. The topological polar surface area (TPSA) is 48.0 Å². The van der Waals surface area contributed by atoms with Crippen LogP contribution in [0.1, 0.15) is 11.1 Å². The number of hydrogen-bond donors (Lipinski definition) is 1. The monoisotopic (exact) mass is 248 g/mol. The molecule has 2 rings (SSSR count). The highest BCUT2D eigenvalue weighted by molar-refractivity contribution is 6.30. The Balaban J connectivity index is 2.25. The van der Waals surface area contributed by atoms with Gasteiger partial charge < -0.3 is 10.3 Å². The van der Waals surface area contributed by atoms with E-state index in [1.165, 1.54) is 6.07 Å². The maximum absolute atomic E-state index is 11.6. The van der Waals surface area contributed by atoms with E-state index < -0.39 is 0 Å². The van der Waals surface area contributed by atoms with Crippen LogP contribution in [0.4, 0.5) is 0 Å². The number of pyridine rings is 1. The Bertz CT molecular complexity index is 560. The molecule has 1 heterocycles. The van der Waals surface area contributed by atoms with Crippen LogP contribution in [0.3, 0.4) is 0 Å². The summed E-state index contributed by atoms with van der Waals surface area (Å²) in [5.74, 6) is 0. The Morgan fingerprint density at radius 1 is 1.06 bits per heavy atom. The highest BCUT2D eigenvalue weighted by Crippen LogP contribution is 2.07. The average Bonchev–Trinajstić information content (AvgIpc) is 2.35. The van der Waals surface area contributed by atoms with Crippen molar-refractivity contribution in [2.75, 3.05) is 0 Å². The lowest BCUT2D eigenvalue weighted by Crippen LogP contribution is -2.18. The normalized spacial score (nSPS) is 10.5. The molecular formula is C13H13ClN2O. The van der Waals surface area contributed by atoms with Gasteiger partial charge in [0, 0.05) is 18.8 Å². The largest absolute Gasteiger partial charge is 0.326 e. The molecule has 0 aliphatic carbocycles. The van der Waals surface area contributed by atoms with Crippen LogP contribution in [-0.2, 0) is 13.1 Å². The van der Waals surface area contributed by atoms with Crippen LogP contribution in [0.25, 0.3) is 0 Å². The molecule has 4 heteroatoms. The summed E-state index contributed by atoms with van der Waals surface area (Å²) in [5.41, 5.74) is 7.59. The summed E-state index contributed by atoms with van der Waals surface area (Å²) < 4.78 is 1.58. The van der Waals surface area contributed by atoms with Crippen molar-refractivity contribution in [1.29, 1.82) is 0 Å². The zero-order chi connectivity index (χ0) is 12.3. The number of rotatable bonds is 3. The average molecular weight is 249 g/mol. The van der Waals surface area contributed by atoms with E-state index in [2.05, 4.69) is 0 Å². The fourth-order valence-corrected chi connectivity index (χ4v) is 1.78. The Labute approximate surface area is 104 Å². The molecule has 0 atom stereocenters. The minimum atomic E-state index is -0.0581. The number of hydrogen-bond acceptors (Lipinski definition) is 2. The van der Waals surface area contributed by atoms with Gasteiger partial charge in [0.1, 0.15) is 0 Å². The first-order valence-corrected chi connectivity index (χ1v) is 5.71. The van der Waals surface area contributed by atoms with Crippen molar-refractivity contribution in [3.05, 3.63) is 69.1 Å². The quantitative estimate of drug-likeness (QED) is 0.903. The minimum Gasteiger partial charge on any atom is -0.326 e. The first-order valence-electron chi connectivity index (χ1n) is 5.33. The lowest BCUT2D eigenvalue weighted by atomic mass is 10.1. The summed E-state index contributed by atoms with van der Waals surface area (Å²) in [4.78, 5) is 11.6. The number of halogens is 1. The fourth-order valence-electron chi connectivity index (χ4n) is 1.60. The van der Waals surface area contributed by atoms with Crippen LogP contribution in [0.2, 0.25) is 5.02 Å². The molecule has 0 radical (unpaired) electrons. The van der Waals surface area contributed by atoms with Crippen molar-refractivity contribution in [2.45, 2.75) is 13.1 Å². The molecule has 0 unspecified atom stereocenters. The SMILES string of the molecule is NCc1ccc(Cn2cc(Cl)ccc2=O)cc1. The van der Waals surface area contributed by atoms with Gasteiger partial charge in [-0.25, -0.2) is 0 Å². The number of nitrogens with zero attached hydrogens (tertiary/aromatic N) is 1. The van der Waals surface area contributed by atoms with Gasteiger partial charge in [-0.1, -0.05) is 35.9 Å². The molecule has 0 aliphatic heterocycles. The van der Waals surface area contributed by atoms with Crippen LogP contribution in [0.15, 0.2) is 47.4 Å². The summed E-state index contributed by atoms with van der Waals surface area (Å²) in [6, 6.07) is 10.9. The van der Waals surface area contributed by atoms with Gasteiger partial charge in [0.25, 0.3) is 5.56 Å². The molecule has 0 spiro atoms. The zero-order valence-corrected chi connectivity index (χ0v) is 10.0. The van der Waals surface area contributed by atoms with Crippen molar-refractivity contribution >= 4 is 11.6 Å². The van der Waals surface area contributed by atoms with Gasteiger partial charge in [-0.15, -0.1) is 0 Å². The number of benzene rings is 1. The van der Waals surface area contributed by atoms with E-state index in [1.54, 1.807) is 16.8 Å². The third kappa shape index (κ3) is 2.96. The van der Waals surface area contributed by atoms with Crippen LogP contribution < -0.4 is 11.3 Å². The second-order valence-electron chi connectivity index (χ2n) is 3.83. The third-order valence-corrected chi connectivity index (χ3v) is 2.78. The predicted molar refractivity (Wildman–Crippen MR) is 69.1 cm³/mol. The Hall–Kier alpha value is -1.58. The van der Waals surface area contributed by atoms with Gasteiger partial charge in [-0.3, -0.25) is 4.79 Å². The van der Waals surface area contributed by atoms with Gasteiger partial charge in [-0.05, 0) is 17.2 Å². The van der Waals surface area contributed by atoms with Gasteiger partial charge in [0.15, 0.2) is 0 Å². The smallest absolute Gasteiger partial charge is 0.250 e. The van der Waals surface area contributed by atoms with E-state index >= 15 is 0 Å². The van der Waals surface area contributed by atoms with Crippen LogP contribution >= 0.6 is 11.6 Å². The third-order valence-electron chi connectivity index (χ3n) is 2.56. The standard InChI is InChI=1S/C13H13ClN2O/c14-12-5-6-13(17)16(9-12)8-11-3-1-10(7-15)2-4-11/h1-6,9H,7-8,15H2. The molecule has 88 valence electrons. The molecule has 1 aromatic carbocycles. The van der Waals surface area contributed by atoms with Crippen molar-refractivity contribution in [1.82, 2.24) is 4.57 Å². The summed E-state index contributed by atoms with van der Waals surface area (Å²) in [6.07, 6.45) is 1.64. The Morgan fingerprint density at radius 2 is 1.71 bits per heavy atom. The molecule has 1 aromatic heterocycles. The first kappa shape index (κ1) is 11.9. The fraction of sp³-hybridized carbons (Fsp3) is 0.154. The molecule has 2 N–H and O–H groups in total. The maximum atomic E-state index is 11.6. The molecule has 2 aromatic rings. The number of nitrogens with two attached hydrogens (primary N) is 1. The number of aromatic nitrogens is 1. The van der Waals surface area contributed by atoms with Gasteiger partial charge in [-0.2, -0.15) is 0 Å². The molecule has 3 nitrogen and oxygen atoms in total. The van der Waals surface area contributed by atoms with E-state index in [0.717, 1.165) is 11.1 Å². The lowest BCUT2D eigenvalue weighted by Gasteiger charge is -2.06. The minimum absolute atomic E-state index is 0.0581. The van der Waals surface area contributed by atoms with E-state index in [4.69, 9.17) is 17.3 Å². The molecule has 0 aliphatic rings. The molecule has 0 bridgehead atoms. The van der Waals surface area contributed by atoms with Gasteiger partial charge in [0.2, 0.25) is 0 Å². The lowest BCUT2D eigenvalue weighted by molar-refractivity contribution is 0.759. The Kier molecular flexibility index (Phi) is 3.61.